The minimum atomic E-state index is -1.25. The van der Waals surface area contributed by atoms with Gasteiger partial charge in [0.1, 0.15) is 43.2 Å². The summed E-state index contributed by atoms with van der Waals surface area (Å²) in [6.07, 6.45) is -0.712. The van der Waals surface area contributed by atoms with Crippen LogP contribution < -0.4 is 53.7 Å². The van der Waals surface area contributed by atoms with Gasteiger partial charge in [-0.3, -0.25) is 38.4 Å². The van der Waals surface area contributed by atoms with E-state index in [1.165, 1.54) is 6.92 Å². The van der Waals surface area contributed by atoms with Crippen LogP contribution in [0.15, 0.2) is 65.7 Å². The molecule has 0 bridgehead atoms. The van der Waals surface area contributed by atoms with Crippen LogP contribution in [-0.4, -0.2) is 132 Å². The molecule has 0 unspecified atom stereocenters. The van der Waals surface area contributed by atoms with Crippen molar-refractivity contribution in [1.82, 2.24) is 48.0 Å². The van der Waals surface area contributed by atoms with Gasteiger partial charge in [-0.1, -0.05) is 72.5 Å². The lowest BCUT2D eigenvalue weighted by molar-refractivity contribution is -0.525. The Morgan fingerprint density at radius 2 is 1.11 bits per heavy atom. The van der Waals surface area contributed by atoms with Crippen LogP contribution in [0.2, 0.25) is 0 Å². The summed E-state index contributed by atoms with van der Waals surface area (Å²) in [5.41, 5.74) is 7.91. The number of hydrogen-bond donors (Lipinski definition) is 10. The lowest BCUT2D eigenvalue weighted by Crippen LogP contribution is -2.55. The number of hydrogen-bond acceptors (Lipinski definition) is 16. The zero-order valence-corrected chi connectivity index (χ0v) is 47.5. The highest BCUT2D eigenvalue weighted by molar-refractivity contribution is 5.93. The Hall–Kier alpha value is -8.39. The number of ether oxygens (including phenoxy) is 3. The predicted octanol–water partition coefficient (Wildman–Crippen LogP) is 2.37. The molecule has 0 radical (unpaired) electrons. The number of hydrazine groups is 1. The molecular weight excluding hydrogens is 1060 g/mol. The van der Waals surface area contributed by atoms with Gasteiger partial charge in [-0.2, -0.15) is 0 Å². The van der Waals surface area contributed by atoms with Crippen molar-refractivity contribution in [2.24, 2.45) is 16.6 Å². The summed E-state index contributed by atoms with van der Waals surface area (Å²) in [5.74, 6) is -5.65. The monoisotopic (exact) mass is 1140 g/mol. The number of rotatable bonds is 35. The lowest BCUT2D eigenvalue weighted by Gasteiger charge is -2.23. The van der Waals surface area contributed by atoms with Gasteiger partial charge in [0, 0.05) is 69.4 Å². The molecule has 0 spiro atoms. The molecule has 2 aromatic carbocycles. The zero-order chi connectivity index (χ0) is 60.5. The van der Waals surface area contributed by atoms with Crippen LogP contribution in [0.4, 0.5) is 9.59 Å². The first-order valence-electron chi connectivity index (χ1n) is 26.8. The highest BCUT2D eigenvalue weighted by atomic mass is 16.7. The first-order valence-corrected chi connectivity index (χ1v) is 26.8. The molecule has 0 heterocycles. The first kappa shape index (κ1) is 68.7. The van der Waals surface area contributed by atoms with Crippen molar-refractivity contribution >= 4 is 65.3 Å². The van der Waals surface area contributed by atoms with E-state index in [0.717, 1.165) is 11.1 Å². The van der Waals surface area contributed by atoms with Crippen molar-refractivity contribution in [2.75, 3.05) is 19.6 Å². The van der Waals surface area contributed by atoms with E-state index in [-0.39, 0.29) is 70.5 Å². The number of nitro groups is 1. The molecule has 0 aliphatic carbocycles. The summed E-state index contributed by atoms with van der Waals surface area (Å²) in [5, 5.41) is 30.4. The number of carbonyl (C=O) groups is 10. The van der Waals surface area contributed by atoms with Crippen molar-refractivity contribution in [3.63, 3.8) is 0 Å². The third-order valence-corrected chi connectivity index (χ3v) is 11.4. The number of nitrogens with one attached hydrogen (secondary N) is 9. The van der Waals surface area contributed by atoms with Crippen molar-refractivity contribution in [3.8, 4) is 0 Å². The van der Waals surface area contributed by atoms with Gasteiger partial charge in [-0.05, 0) is 92.2 Å². The Morgan fingerprint density at radius 3 is 1.64 bits per heavy atom. The SMILES string of the molecule is C[C@H](CC(=O)C[C@@H](CCCCNC(=O)OCc1ccccc1)C(=O)OCc1ccccc1)NC(=O)C[C@H](C)NC(=O)C[C@@H](C)NC(=O)C[C@H](C)NC(=O)[C@H](C)NC(=O)[C@H](CCCN=C(N)N[N+](=O)[O-])NC(=O)CNC(=O)OC(C)(C)C. The van der Waals surface area contributed by atoms with Gasteiger partial charge in [0.15, 0.2) is 5.03 Å². The highest BCUT2D eigenvalue weighted by Crippen LogP contribution is 2.19. The van der Waals surface area contributed by atoms with Gasteiger partial charge in [-0.25, -0.2) is 24.7 Å². The number of aliphatic imine (C=N–C) groups is 1. The number of carbonyl (C=O) groups excluding carboxylic acids is 10. The lowest BCUT2D eigenvalue weighted by atomic mass is 9.94. The number of nitrogens with zero attached hydrogens (tertiary/aromatic N) is 2. The molecule has 27 heteroatoms. The Morgan fingerprint density at radius 1 is 0.593 bits per heavy atom. The van der Waals surface area contributed by atoms with Crippen LogP contribution in [0.1, 0.15) is 131 Å². The number of esters is 1. The van der Waals surface area contributed by atoms with E-state index in [1.807, 2.05) is 60.7 Å². The molecule has 11 N–H and O–H groups in total. The minimum absolute atomic E-state index is 0.0340. The van der Waals surface area contributed by atoms with E-state index in [1.54, 1.807) is 53.9 Å². The number of benzene rings is 2. The van der Waals surface area contributed by atoms with Crippen molar-refractivity contribution in [2.45, 2.75) is 175 Å². The summed E-state index contributed by atoms with van der Waals surface area (Å²) in [7, 11) is 0. The maximum atomic E-state index is 13.3. The Kier molecular flexibility index (Phi) is 31.1. The van der Waals surface area contributed by atoms with Gasteiger partial charge >= 0.3 is 18.2 Å². The van der Waals surface area contributed by atoms with Crippen LogP contribution >= 0.6 is 0 Å². The maximum Gasteiger partial charge on any atom is 0.408 e. The average molecular weight is 1140 g/mol. The second-order valence-electron chi connectivity index (χ2n) is 20.6. The summed E-state index contributed by atoms with van der Waals surface area (Å²) >= 11 is 0. The molecule has 0 aromatic heterocycles. The smallest absolute Gasteiger partial charge is 0.408 e. The van der Waals surface area contributed by atoms with Crippen molar-refractivity contribution in [3.05, 3.63) is 81.9 Å². The number of ketones is 1. The largest absolute Gasteiger partial charge is 0.461 e. The fraction of sp³-hybridized carbons (Fsp3) is 0.574. The second-order valence-corrected chi connectivity index (χ2v) is 20.6. The standard InChI is InChI=1S/C54H82N12O15/c1-34(26-42(67)30-41(50(74)79-32-39-18-11-9-12-19-39)22-15-16-24-57-52(75)80-33-40-20-13-10-14-21-40)59-44(68)27-35(2)60-45(69)28-36(3)61-46(70)29-37(4)62-48(72)38(5)63-49(73)43(23-17-25-56-51(55)65-66(77)78)64-47(71)31-58-53(76)81-54(6,7)8/h9-14,18-21,34-38,41,43H,15-17,22-33H2,1-8H3,(H,57,75)(H,58,76)(H,59,68)(H,60,69)(H,61,70)(H,62,72)(H,63,73)(H,64,71)(H3,55,56,65)/t34-,35+,36-,37+,38+,41-,43+/m1/s1. The number of nitrogens with two attached hydrogens (primary N) is 1. The van der Waals surface area contributed by atoms with Crippen LogP contribution in [0.25, 0.3) is 0 Å². The van der Waals surface area contributed by atoms with Crippen LogP contribution in [0.5, 0.6) is 0 Å². The van der Waals surface area contributed by atoms with Gasteiger partial charge in [0.2, 0.25) is 35.4 Å². The normalized spacial score (nSPS) is 13.8. The van der Waals surface area contributed by atoms with Crippen molar-refractivity contribution in [1.29, 1.82) is 0 Å². The molecule has 7 atom stereocenters. The predicted molar refractivity (Wildman–Crippen MR) is 296 cm³/mol. The van der Waals surface area contributed by atoms with Crippen LogP contribution in [-0.2, 0) is 65.8 Å². The molecular formula is C54H82N12O15. The average Bonchev–Trinajstić information content (AvgIpc) is 3.37. The number of guanidine groups is 1. The molecule has 0 saturated carbocycles. The van der Waals surface area contributed by atoms with E-state index in [9.17, 15) is 58.1 Å². The summed E-state index contributed by atoms with van der Waals surface area (Å²) in [4.78, 5) is 143. The Bertz CT molecular complexity index is 2420. The van der Waals surface area contributed by atoms with Gasteiger partial charge < -0.3 is 62.5 Å². The Labute approximate surface area is 472 Å². The number of alkyl carbamates (subject to hydrolysis) is 2. The fourth-order valence-electron chi connectivity index (χ4n) is 7.72. The number of unbranched alkanes of at least 4 members (excludes halogenated alkanes) is 1. The summed E-state index contributed by atoms with van der Waals surface area (Å²) < 4.78 is 15.9. The Balaban J connectivity index is 1.81. The summed E-state index contributed by atoms with van der Waals surface area (Å²) in [6, 6.07) is 13.3. The molecule has 0 saturated heterocycles. The van der Waals surface area contributed by atoms with Gasteiger partial charge in [-0.15, -0.1) is 0 Å². The molecule has 2 aromatic rings. The van der Waals surface area contributed by atoms with Crippen LogP contribution in [0.3, 0.4) is 0 Å². The van der Waals surface area contributed by atoms with Crippen molar-refractivity contribution < 1.29 is 67.2 Å². The van der Waals surface area contributed by atoms with E-state index < -0.39 is 119 Å². The van der Waals surface area contributed by atoms with E-state index in [4.69, 9.17) is 19.9 Å². The molecule has 448 valence electrons. The van der Waals surface area contributed by atoms with Gasteiger partial charge in [0.05, 0.1) is 5.92 Å². The highest BCUT2D eigenvalue weighted by Gasteiger charge is 2.28. The maximum absolute atomic E-state index is 13.3. The fourth-order valence-corrected chi connectivity index (χ4v) is 7.72. The molecule has 0 fully saturated rings. The quantitative estimate of drug-likeness (QED) is 0.00901. The minimum Gasteiger partial charge on any atom is -0.461 e. The summed E-state index contributed by atoms with van der Waals surface area (Å²) in [6.45, 7) is 12.5. The molecule has 8 amide bonds. The zero-order valence-electron chi connectivity index (χ0n) is 47.5. The number of Topliss-reactive ketones (excluding diaryl/α,β-unsaturated/α-hetero) is 1. The molecule has 0 aliphatic rings. The topological polar surface area (TPSA) is 388 Å². The third-order valence-electron chi connectivity index (χ3n) is 11.4. The molecule has 27 nitrogen and oxygen atoms in total. The van der Waals surface area contributed by atoms with Crippen LogP contribution in [0, 0.1) is 16.0 Å². The van der Waals surface area contributed by atoms with E-state index >= 15 is 0 Å². The van der Waals surface area contributed by atoms with Gasteiger partial charge in [0.25, 0.3) is 5.96 Å². The number of amides is 8. The first-order chi connectivity index (χ1) is 38.2. The molecule has 81 heavy (non-hydrogen) atoms. The molecule has 0 aliphatic heterocycles. The van der Waals surface area contributed by atoms with E-state index in [2.05, 4.69) is 47.5 Å². The third kappa shape index (κ3) is 33.0. The van der Waals surface area contributed by atoms with E-state index in [0.29, 0.717) is 25.8 Å². The molecule has 2 rings (SSSR count). The second kappa shape index (κ2) is 36.7.